The van der Waals surface area contributed by atoms with Crippen LogP contribution >= 0.6 is 0 Å². The average molecular weight is 156 g/mol. The Balaban J connectivity index is 3.20. The van der Waals surface area contributed by atoms with Gasteiger partial charge in [0.05, 0.1) is 0 Å². The van der Waals surface area contributed by atoms with Crippen LogP contribution in [0.4, 0.5) is 8.78 Å². The Bertz CT molecular complexity index is 294. The number of halogens is 2. The Labute approximate surface area is 62.6 Å². The highest BCUT2D eigenvalue weighted by Gasteiger charge is 2.04. The molecule has 58 valence electrons. The summed E-state index contributed by atoms with van der Waals surface area (Å²) in [6, 6.07) is 3.16. The van der Waals surface area contributed by atoms with Crippen LogP contribution in [0.3, 0.4) is 0 Å². The minimum Gasteiger partial charge on any atom is -0.508 e. The van der Waals surface area contributed by atoms with Crippen LogP contribution in [0.15, 0.2) is 24.8 Å². The summed E-state index contributed by atoms with van der Waals surface area (Å²) in [7, 11) is 0. The molecule has 11 heavy (non-hydrogen) atoms. The van der Waals surface area contributed by atoms with E-state index in [9.17, 15) is 8.78 Å². The van der Waals surface area contributed by atoms with Gasteiger partial charge in [0, 0.05) is 11.6 Å². The van der Waals surface area contributed by atoms with Gasteiger partial charge in [0.2, 0.25) is 0 Å². The van der Waals surface area contributed by atoms with Crippen LogP contribution in [0.2, 0.25) is 0 Å². The van der Waals surface area contributed by atoms with Crippen molar-refractivity contribution in [1.82, 2.24) is 0 Å². The highest BCUT2D eigenvalue weighted by Crippen LogP contribution is 2.21. The van der Waals surface area contributed by atoms with E-state index >= 15 is 0 Å². The molecule has 0 unspecified atom stereocenters. The first-order valence-corrected chi connectivity index (χ1v) is 2.94. The van der Waals surface area contributed by atoms with Crippen molar-refractivity contribution in [3.63, 3.8) is 0 Å². The van der Waals surface area contributed by atoms with E-state index in [2.05, 4.69) is 6.58 Å². The number of phenolic OH excluding ortho intramolecular Hbond substituents is 1. The van der Waals surface area contributed by atoms with Crippen molar-refractivity contribution < 1.29 is 13.9 Å². The van der Waals surface area contributed by atoms with E-state index in [1.165, 1.54) is 6.07 Å². The molecule has 0 aromatic heterocycles. The molecule has 0 amide bonds. The maximum absolute atomic E-state index is 12.6. The Kier molecular flexibility index (Phi) is 1.89. The maximum atomic E-state index is 12.6. The third kappa shape index (κ3) is 1.55. The number of rotatable bonds is 1. The van der Waals surface area contributed by atoms with Gasteiger partial charge in [0.1, 0.15) is 17.4 Å². The number of hydrogen-bond donors (Lipinski definition) is 1. The van der Waals surface area contributed by atoms with E-state index in [1.807, 2.05) is 0 Å². The second-order valence-electron chi connectivity index (χ2n) is 2.07. The molecule has 1 N–H and O–H groups in total. The Morgan fingerprint density at radius 1 is 1.45 bits per heavy atom. The lowest BCUT2D eigenvalue weighted by Gasteiger charge is -1.98. The summed E-state index contributed by atoms with van der Waals surface area (Å²) < 4.78 is 25.0. The van der Waals surface area contributed by atoms with Crippen LogP contribution < -0.4 is 0 Å². The largest absolute Gasteiger partial charge is 0.508 e. The van der Waals surface area contributed by atoms with Crippen LogP contribution in [0, 0.1) is 5.82 Å². The first kappa shape index (κ1) is 7.72. The lowest BCUT2D eigenvalue weighted by Crippen LogP contribution is -1.83. The molecule has 0 atom stereocenters. The summed E-state index contributed by atoms with van der Waals surface area (Å²) in [4.78, 5) is 0. The highest BCUT2D eigenvalue weighted by atomic mass is 19.1. The van der Waals surface area contributed by atoms with Gasteiger partial charge in [-0.05, 0) is 12.1 Å². The second-order valence-corrected chi connectivity index (χ2v) is 2.07. The molecular weight excluding hydrogens is 150 g/mol. The quantitative estimate of drug-likeness (QED) is 0.662. The van der Waals surface area contributed by atoms with Gasteiger partial charge in [0.15, 0.2) is 0 Å². The molecule has 0 heterocycles. The Hall–Kier alpha value is -1.38. The molecule has 0 radical (unpaired) electrons. The molecule has 1 aromatic rings. The molecule has 0 spiro atoms. The van der Waals surface area contributed by atoms with Crippen LogP contribution in [-0.4, -0.2) is 5.11 Å². The third-order valence-corrected chi connectivity index (χ3v) is 1.24. The summed E-state index contributed by atoms with van der Waals surface area (Å²) in [5.74, 6) is -1.88. The van der Waals surface area contributed by atoms with Gasteiger partial charge in [-0.3, -0.25) is 0 Å². The topological polar surface area (TPSA) is 20.2 Å². The molecule has 0 bridgehead atoms. The summed E-state index contributed by atoms with van der Waals surface area (Å²) in [5, 5.41) is 8.73. The minimum atomic E-state index is -0.845. The summed E-state index contributed by atoms with van der Waals surface area (Å²) in [5.41, 5.74) is -0.220. The first-order valence-electron chi connectivity index (χ1n) is 2.94. The van der Waals surface area contributed by atoms with Crippen molar-refractivity contribution in [2.45, 2.75) is 0 Å². The van der Waals surface area contributed by atoms with Crippen LogP contribution in [0.1, 0.15) is 5.56 Å². The van der Waals surface area contributed by atoms with E-state index in [1.54, 1.807) is 0 Å². The van der Waals surface area contributed by atoms with Gasteiger partial charge in [-0.15, -0.1) is 0 Å². The average Bonchev–Trinajstić information content (AvgIpc) is 1.85. The normalized spacial score (nSPS) is 9.64. The molecule has 0 aliphatic heterocycles. The van der Waals surface area contributed by atoms with Crippen LogP contribution in [0.25, 0.3) is 5.83 Å². The molecule has 0 saturated carbocycles. The summed E-state index contributed by atoms with van der Waals surface area (Å²) in [6.07, 6.45) is 0. The smallest absolute Gasteiger partial charge is 0.137 e. The first-order chi connectivity index (χ1) is 5.11. The standard InChI is InChI=1S/C8H6F2O/c1-5(9)7-3-2-6(11)4-8(7)10/h2-4,11H,1H2. The van der Waals surface area contributed by atoms with E-state index in [-0.39, 0.29) is 11.3 Å². The van der Waals surface area contributed by atoms with Crippen molar-refractivity contribution in [2.75, 3.05) is 0 Å². The van der Waals surface area contributed by atoms with Crippen molar-refractivity contribution >= 4 is 5.83 Å². The number of hydrogen-bond acceptors (Lipinski definition) is 1. The van der Waals surface area contributed by atoms with Crippen LogP contribution in [0.5, 0.6) is 5.75 Å². The second kappa shape index (κ2) is 2.70. The van der Waals surface area contributed by atoms with E-state index in [4.69, 9.17) is 5.11 Å². The van der Waals surface area contributed by atoms with Gasteiger partial charge >= 0.3 is 0 Å². The number of aromatic hydroxyl groups is 1. The van der Waals surface area contributed by atoms with E-state index in [0.29, 0.717) is 0 Å². The maximum Gasteiger partial charge on any atom is 0.137 e. The van der Waals surface area contributed by atoms with E-state index in [0.717, 1.165) is 12.1 Å². The SMILES string of the molecule is C=C(F)c1ccc(O)cc1F. The predicted octanol–water partition coefficient (Wildman–Crippen LogP) is 2.47. The monoisotopic (exact) mass is 156 g/mol. The van der Waals surface area contributed by atoms with Gasteiger partial charge in [0.25, 0.3) is 0 Å². The fraction of sp³-hybridized carbons (Fsp3) is 0. The van der Waals surface area contributed by atoms with E-state index < -0.39 is 11.6 Å². The van der Waals surface area contributed by atoms with Gasteiger partial charge in [-0.25, -0.2) is 8.78 Å². The zero-order valence-corrected chi connectivity index (χ0v) is 5.64. The molecule has 0 saturated heterocycles. The third-order valence-electron chi connectivity index (χ3n) is 1.24. The lowest BCUT2D eigenvalue weighted by molar-refractivity contribution is 0.468. The van der Waals surface area contributed by atoms with Crippen molar-refractivity contribution in [1.29, 1.82) is 0 Å². The highest BCUT2D eigenvalue weighted by molar-refractivity contribution is 5.57. The predicted molar refractivity (Wildman–Crippen MR) is 38.2 cm³/mol. The zero-order chi connectivity index (χ0) is 8.43. The molecule has 0 aliphatic carbocycles. The summed E-state index contributed by atoms with van der Waals surface area (Å²) >= 11 is 0. The lowest BCUT2D eigenvalue weighted by atomic mass is 10.2. The Morgan fingerprint density at radius 3 is 2.55 bits per heavy atom. The van der Waals surface area contributed by atoms with Gasteiger partial charge in [-0.1, -0.05) is 6.58 Å². The fourth-order valence-electron chi connectivity index (χ4n) is 0.724. The van der Waals surface area contributed by atoms with Crippen LogP contribution in [-0.2, 0) is 0 Å². The number of benzene rings is 1. The molecule has 0 fully saturated rings. The molecule has 1 aromatic carbocycles. The van der Waals surface area contributed by atoms with Gasteiger partial charge in [-0.2, -0.15) is 0 Å². The molecule has 1 nitrogen and oxygen atoms in total. The molecule has 0 aliphatic rings. The van der Waals surface area contributed by atoms with Gasteiger partial charge < -0.3 is 5.11 Å². The minimum absolute atomic E-state index is 0.220. The van der Waals surface area contributed by atoms with Crippen molar-refractivity contribution in [3.8, 4) is 5.75 Å². The molecule has 1 rings (SSSR count). The summed E-state index contributed by atoms with van der Waals surface area (Å²) in [6.45, 7) is 2.93. The molecule has 3 heteroatoms. The molecular formula is C8H6F2O. The fourth-order valence-corrected chi connectivity index (χ4v) is 0.724. The van der Waals surface area contributed by atoms with Crippen molar-refractivity contribution in [2.24, 2.45) is 0 Å². The zero-order valence-electron chi connectivity index (χ0n) is 5.64. The Morgan fingerprint density at radius 2 is 2.09 bits per heavy atom. The van der Waals surface area contributed by atoms with Crippen molar-refractivity contribution in [3.05, 3.63) is 36.2 Å². The number of phenols is 1.